The van der Waals surface area contributed by atoms with Crippen molar-refractivity contribution in [3.63, 3.8) is 0 Å². The first-order valence-electron chi connectivity index (χ1n) is 7.71. The van der Waals surface area contributed by atoms with E-state index in [0.29, 0.717) is 11.8 Å². The summed E-state index contributed by atoms with van der Waals surface area (Å²) in [5.74, 6) is 2.17. The summed E-state index contributed by atoms with van der Waals surface area (Å²) in [6.07, 6.45) is 3.77. The van der Waals surface area contributed by atoms with Crippen LogP contribution in [0, 0.1) is 13.8 Å². The number of benzene rings is 1. The van der Waals surface area contributed by atoms with Gasteiger partial charge in [-0.2, -0.15) is 0 Å². The fraction of sp³-hybridized carbons (Fsp3) is 0.353. The maximum Gasteiger partial charge on any atom is 0.233 e. The van der Waals surface area contributed by atoms with Crippen LogP contribution >= 0.6 is 0 Å². The third-order valence-electron chi connectivity index (χ3n) is 3.91. The van der Waals surface area contributed by atoms with Gasteiger partial charge in [-0.05, 0) is 38.5 Å². The molecule has 0 bridgehead atoms. The van der Waals surface area contributed by atoms with E-state index < -0.39 is 0 Å². The molecule has 0 spiro atoms. The van der Waals surface area contributed by atoms with Gasteiger partial charge in [0, 0.05) is 31.0 Å². The molecule has 2 heterocycles. The van der Waals surface area contributed by atoms with Gasteiger partial charge in [0.2, 0.25) is 11.8 Å². The second-order valence-electron chi connectivity index (χ2n) is 5.71. The summed E-state index contributed by atoms with van der Waals surface area (Å²) >= 11 is 0. The number of nitrogens with zero attached hydrogens (tertiary/aromatic N) is 4. The minimum Gasteiger partial charge on any atom is -0.424 e. The van der Waals surface area contributed by atoms with E-state index in [4.69, 9.17) is 4.42 Å². The SMILES string of the molecule is Cc1nnc([C@@H](C)N[C@@H](C)c2ccc(-n3ccnc3C)cc2)o1. The van der Waals surface area contributed by atoms with Crippen LogP contribution in [0.3, 0.4) is 0 Å². The first-order chi connectivity index (χ1) is 11.0. The Balaban J connectivity index is 1.70. The quantitative estimate of drug-likeness (QED) is 0.783. The van der Waals surface area contributed by atoms with Crippen molar-refractivity contribution in [2.75, 3.05) is 0 Å². The van der Waals surface area contributed by atoms with Gasteiger partial charge < -0.3 is 8.98 Å². The summed E-state index contributed by atoms with van der Waals surface area (Å²) < 4.78 is 7.53. The molecule has 1 aromatic carbocycles. The molecule has 0 amide bonds. The number of aromatic nitrogens is 4. The zero-order valence-corrected chi connectivity index (χ0v) is 13.8. The summed E-state index contributed by atoms with van der Waals surface area (Å²) in [5, 5.41) is 11.4. The highest BCUT2D eigenvalue weighted by molar-refractivity contribution is 5.36. The summed E-state index contributed by atoms with van der Waals surface area (Å²) in [6, 6.07) is 8.63. The molecular weight excluding hydrogens is 290 g/mol. The number of rotatable bonds is 5. The van der Waals surface area contributed by atoms with Crippen molar-refractivity contribution in [1.82, 2.24) is 25.1 Å². The van der Waals surface area contributed by atoms with Crippen LogP contribution in [0.25, 0.3) is 5.69 Å². The van der Waals surface area contributed by atoms with Gasteiger partial charge in [-0.3, -0.25) is 5.32 Å². The van der Waals surface area contributed by atoms with Crippen molar-refractivity contribution in [2.45, 2.75) is 39.8 Å². The monoisotopic (exact) mass is 311 g/mol. The number of imidazole rings is 1. The molecule has 0 aliphatic heterocycles. The van der Waals surface area contributed by atoms with Gasteiger partial charge in [-0.1, -0.05) is 12.1 Å². The highest BCUT2D eigenvalue weighted by Crippen LogP contribution is 2.20. The molecule has 0 aliphatic rings. The van der Waals surface area contributed by atoms with Crippen LogP contribution in [0.2, 0.25) is 0 Å². The van der Waals surface area contributed by atoms with E-state index in [1.54, 1.807) is 6.92 Å². The Labute approximate surface area is 135 Å². The molecule has 2 aromatic heterocycles. The molecule has 0 radical (unpaired) electrons. The Kier molecular flexibility index (Phi) is 4.25. The standard InChI is InChI=1S/C17H21N5O/c1-11(19-12(2)17-21-20-14(4)23-17)15-5-7-16(8-6-15)22-10-9-18-13(22)3/h5-12,19H,1-4H3/t11-,12+/m0/s1. The molecule has 0 saturated carbocycles. The fourth-order valence-corrected chi connectivity index (χ4v) is 2.60. The molecule has 0 fully saturated rings. The van der Waals surface area contributed by atoms with E-state index in [0.717, 1.165) is 11.5 Å². The maximum atomic E-state index is 5.47. The van der Waals surface area contributed by atoms with Gasteiger partial charge in [0.1, 0.15) is 5.82 Å². The van der Waals surface area contributed by atoms with Gasteiger partial charge in [-0.25, -0.2) is 4.98 Å². The molecule has 6 heteroatoms. The van der Waals surface area contributed by atoms with E-state index in [1.165, 1.54) is 5.56 Å². The van der Waals surface area contributed by atoms with Crippen molar-refractivity contribution < 1.29 is 4.42 Å². The Morgan fingerprint density at radius 1 is 1.04 bits per heavy atom. The van der Waals surface area contributed by atoms with E-state index >= 15 is 0 Å². The lowest BCUT2D eigenvalue weighted by molar-refractivity contribution is 0.380. The number of hydrogen-bond acceptors (Lipinski definition) is 5. The van der Waals surface area contributed by atoms with Crippen molar-refractivity contribution in [3.05, 3.63) is 59.8 Å². The average molecular weight is 311 g/mol. The van der Waals surface area contributed by atoms with Gasteiger partial charge in [0.05, 0.1) is 6.04 Å². The van der Waals surface area contributed by atoms with Crippen molar-refractivity contribution >= 4 is 0 Å². The molecule has 23 heavy (non-hydrogen) atoms. The third-order valence-corrected chi connectivity index (χ3v) is 3.91. The molecule has 0 unspecified atom stereocenters. The zero-order valence-electron chi connectivity index (χ0n) is 13.8. The topological polar surface area (TPSA) is 68.8 Å². The van der Waals surface area contributed by atoms with Crippen molar-refractivity contribution in [1.29, 1.82) is 0 Å². The number of nitrogens with one attached hydrogen (secondary N) is 1. The zero-order chi connectivity index (χ0) is 16.4. The summed E-state index contributed by atoms with van der Waals surface area (Å²) in [5.41, 5.74) is 2.31. The molecule has 1 N–H and O–H groups in total. The molecule has 2 atom stereocenters. The average Bonchev–Trinajstić information content (AvgIpc) is 3.16. The van der Waals surface area contributed by atoms with Crippen molar-refractivity contribution in [2.24, 2.45) is 0 Å². The second kappa shape index (κ2) is 6.34. The number of hydrogen-bond donors (Lipinski definition) is 1. The Morgan fingerprint density at radius 3 is 2.35 bits per heavy atom. The Hall–Kier alpha value is -2.47. The van der Waals surface area contributed by atoms with Crippen LogP contribution in [-0.2, 0) is 0 Å². The van der Waals surface area contributed by atoms with Gasteiger partial charge in [0.25, 0.3) is 0 Å². The molecule has 0 saturated heterocycles. The predicted octanol–water partition coefficient (Wildman–Crippen LogP) is 3.28. The predicted molar refractivity (Wildman–Crippen MR) is 87.3 cm³/mol. The van der Waals surface area contributed by atoms with E-state index in [9.17, 15) is 0 Å². The van der Waals surface area contributed by atoms with Gasteiger partial charge in [0.15, 0.2) is 0 Å². The largest absolute Gasteiger partial charge is 0.424 e. The normalized spacial score (nSPS) is 13.9. The smallest absolute Gasteiger partial charge is 0.233 e. The van der Waals surface area contributed by atoms with E-state index in [2.05, 4.69) is 56.3 Å². The van der Waals surface area contributed by atoms with Gasteiger partial charge in [-0.15, -0.1) is 10.2 Å². The minimum atomic E-state index is 0.00164. The van der Waals surface area contributed by atoms with Crippen LogP contribution in [0.1, 0.15) is 49.1 Å². The first kappa shape index (κ1) is 15.4. The lowest BCUT2D eigenvalue weighted by Gasteiger charge is -2.18. The van der Waals surface area contributed by atoms with Crippen LogP contribution < -0.4 is 5.32 Å². The van der Waals surface area contributed by atoms with E-state index in [-0.39, 0.29) is 12.1 Å². The molecule has 0 aliphatic carbocycles. The molecule has 120 valence electrons. The van der Waals surface area contributed by atoms with Gasteiger partial charge >= 0.3 is 0 Å². The van der Waals surface area contributed by atoms with Crippen LogP contribution in [0.4, 0.5) is 0 Å². The molecule has 3 rings (SSSR count). The summed E-state index contributed by atoms with van der Waals surface area (Å²) in [6.45, 7) is 7.93. The Bertz CT molecular complexity index is 774. The molecule has 6 nitrogen and oxygen atoms in total. The lowest BCUT2D eigenvalue weighted by atomic mass is 10.1. The first-order valence-corrected chi connectivity index (χ1v) is 7.71. The molecular formula is C17H21N5O. The number of aryl methyl sites for hydroxylation is 2. The highest BCUT2D eigenvalue weighted by Gasteiger charge is 2.16. The second-order valence-corrected chi connectivity index (χ2v) is 5.71. The Morgan fingerprint density at radius 2 is 1.78 bits per heavy atom. The summed E-state index contributed by atoms with van der Waals surface area (Å²) in [7, 11) is 0. The van der Waals surface area contributed by atoms with E-state index in [1.807, 2.05) is 26.2 Å². The highest BCUT2D eigenvalue weighted by atomic mass is 16.4. The van der Waals surface area contributed by atoms with Crippen LogP contribution in [-0.4, -0.2) is 19.7 Å². The maximum absolute atomic E-state index is 5.47. The summed E-state index contributed by atoms with van der Waals surface area (Å²) in [4.78, 5) is 4.25. The third kappa shape index (κ3) is 3.32. The van der Waals surface area contributed by atoms with Crippen molar-refractivity contribution in [3.8, 4) is 5.69 Å². The van der Waals surface area contributed by atoms with Crippen LogP contribution in [0.5, 0.6) is 0 Å². The fourth-order valence-electron chi connectivity index (χ4n) is 2.60. The minimum absolute atomic E-state index is 0.00164. The van der Waals surface area contributed by atoms with Crippen LogP contribution in [0.15, 0.2) is 41.1 Å². The lowest BCUT2D eigenvalue weighted by Crippen LogP contribution is -2.22. The molecule has 3 aromatic rings.